The highest BCUT2D eigenvalue weighted by molar-refractivity contribution is 8.00. The quantitative estimate of drug-likeness (QED) is 0.667. The van der Waals surface area contributed by atoms with Crippen LogP contribution in [0.5, 0.6) is 5.75 Å². The van der Waals surface area contributed by atoms with Crippen LogP contribution in [0.2, 0.25) is 10.0 Å². The number of ether oxygens (including phenoxy) is 1. The number of anilines is 1. The molecule has 1 N–H and O–H groups in total. The molecule has 0 bridgehead atoms. The molecule has 128 valence electrons. The Hall–Kier alpha value is -1.57. The summed E-state index contributed by atoms with van der Waals surface area (Å²) < 4.78 is 39.9. The van der Waals surface area contributed by atoms with E-state index in [1.165, 1.54) is 12.1 Å². The summed E-state index contributed by atoms with van der Waals surface area (Å²) in [5.41, 5.74) is 0.348. The van der Waals surface area contributed by atoms with Gasteiger partial charge in [-0.3, -0.25) is 4.79 Å². The molecule has 24 heavy (non-hydrogen) atoms. The molecule has 0 aliphatic heterocycles. The third-order valence-corrected chi connectivity index (χ3v) is 4.63. The number of halogens is 5. The number of hydrogen-bond acceptors (Lipinski definition) is 3. The Balaban J connectivity index is 1.91. The Kier molecular flexibility index (Phi) is 6.26. The van der Waals surface area contributed by atoms with Gasteiger partial charge in [0.2, 0.25) is 5.91 Å². The van der Waals surface area contributed by atoms with E-state index in [0.717, 1.165) is 23.9 Å². The van der Waals surface area contributed by atoms with E-state index in [2.05, 4.69) is 10.1 Å². The number of nitrogens with one attached hydrogen (secondary N) is 1. The Morgan fingerprint density at radius 1 is 1.08 bits per heavy atom. The zero-order valence-electron chi connectivity index (χ0n) is 11.9. The standard InChI is InChI=1S/C15H10Cl2F3NO2S/c16-11-2-1-3-12(17)14(11)24-8-13(22)21-9-4-6-10(7-5-9)23-15(18,19)20/h1-7H,8H2,(H,21,22). The molecule has 0 aromatic heterocycles. The summed E-state index contributed by atoms with van der Waals surface area (Å²) in [5.74, 6) is -0.664. The molecule has 0 radical (unpaired) electrons. The predicted molar refractivity (Wildman–Crippen MR) is 88.9 cm³/mol. The van der Waals surface area contributed by atoms with Crippen LogP contribution in [0.3, 0.4) is 0 Å². The van der Waals surface area contributed by atoms with Gasteiger partial charge in [0, 0.05) is 10.6 Å². The maximum absolute atomic E-state index is 12.1. The fraction of sp³-hybridized carbons (Fsp3) is 0.133. The number of carbonyl (C=O) groups excluding carboxylic acids is 1. The number of thioether (sulfide) groups is 1. The fourth-order valence-electron chi connectivity index (χ4n) is 1.70. The van der Waals surface area contributed by atoms with Crippen LogP contribution >= 0.6 is 35.0 Å². The van der Waals surface area contributed by atoms with E-state index in [1.807, 2.05) is 0 Å². The van der Waals surface area contributed by atoms with Crippen LogP contribution in [0.15, 0.2) is 47.4 Å². The second-order valence-corrected chi connectivity index (χ2v) is 6.26. The maximum atomic E-state index is 12.1. The molecular weight excluding hydrogens is 386 g/mol. The second-order valence-electron chi connectivity index (χ2n) is 4.46. The summed E-state index contributed by atoms with van der Waals surface area (Å²) in [6.45, 7) is 0. The number of benzene rings is 2. The second kappa shape index (κ2) is 8.00. The molecule has 0 fully saturated rings. The lowest BCUT2D eigenvalue weighted by atomic mass is 10.3. The van der Waals surface area contributed by atoms with Gasteiger partial charge in [0.25, 0.3) is 0 Å². The van der Waals surface area contributed by atoms with Gasteiger partial charge in [-0.15, -0.1) is 24.9 Å². The van der Waals surface area contributed by atoms with Gasteiger partial charge in [-0.1, -0.05) is 29.3 Å². The molecule has 0 aliphatic carbocycles. The lowest BCUT2D eigenvalue weighted by molar-refractivity contribution is -0.274. The van der Waals surface area contributed by atoms with Crippen molar-refractivity contribution < 1.29 is 22.7 Å². The molecule has 1 amide bonds. The molecule has 2 aromatic carbocycles. The Morgan fingerprint density at radius 2 is 1.67 bits per heavy atom. The minimum absolute atomic E-state index is 0.0459. The Morgan fingerprint density at radius 3 is 2.21 bits per heavy atom. The zero-order valence-corrected chi connectivity index (χ0v) is 14.2. The van der Waals surface area contributed by atoms with Crippen LogP contribution < -0.4 is 10.1 Å². The van der Waals surface area contributed by atoms with Crippen LogP contribution in [0.25, 0.3) is 0 Å². The van der Waals surface area contributed by atoms with Gasteiger partial charge < -0.3 is 10.1 Å². The Labute approximate surface area is 150 Å². The molecule has 2 aromatic rings. The maximum Gasteiger partial charge on any atom is 0.573 e. The summed E-state index contributed by atoms with van der Waals surface area (Å²) >= 11 is 13.2. The van der Waals surface area contributed by atoms with Crippen molar-refractivity contribution in [3.63, 3.8) is 0 Å². The minimum atomic E-state index is -4.75. The molecule has 0 atom stereocenters. The Bertz CT molecular complexity index is 703. The van der Waals surface area contributed by atoms with Crippen LogP contribution in [-0.4, -0.2) is 18.0 Å². The van der Waals surface area contributed by atoms with Crippen molar-refractivity contribution in [2.75, 3.05) is 11.1 Å². The number of hydrogen-bond donors (Lipinski definition) is 1. The third kappa shape index (κ3) is 5.81. The van der Waals surface area contributed by atoms with Crippen molar-refractivity contribution in [1.29, 1.82) is 0 Å². The molecule has 0 spiro atoms. The van der Waals surface area contributed by atoms with Gasteiger partial charge in [0.15, 0.2) is 0 Å². The lowest BCUT2D eigenvalue weighted by Crippen LogP contribution is -2.17. The van der Waals surface area contributed by atoms with Crippen molar-refractivity contribution in [3.8, 4) is 5.75 Å². The average molecular weight is 396 g/mol. The van der Waals surface area contributed by atoms with Crippen LogP contribution in [0.4, 0.5) is 18.9 Å². The van der Waals surface area contributed by atoms with Gasteiger partial charge in [-0.25, -0.2) is 0 Å². The highest BCUT2D eigenvalue weighted by atomic mass is 35.5. The van der Waals surface area contributed by atoms with E-state index < -0.39 is 6.36 Å². The normalized spacial score (nSPS) is 11.2. The minimum Gasteiger partial charge on any atom is -0.406 e. The van der Waals surface area contributed by atoms with Gasteiger partial charge >= 0.3 is 6.36 Å². The molecule has 0 heterocycles. The number of carbonyl (C=O) groups is 1. The van der Waals surface area contributed by atoms with Gasteiger partial charge in [-0.2, -0.15) is 0 Å². The molecule has 3 nitrogen and oxygen atoms in total. The zero-order chi connectivity index (χ0) is 17.7. The molecule has 0 unspecified atom stereocenters. The molecule has 0 aliphatic rings. The van der Waals surface area contributed by atoms with E-state index in [1.54, 1.807) is 18.2 Å². The third-order valence-electron chi connectivity index (χ3n) is 2.64. The summed E-state index contributed by atoms with van der Waals surface area (Å²) in [5, 5.41) is 3.44. The van der Waals surface area contributed by atoms with Gasteiger partial charge in [0.05, 0.1) is 15.8 Å². The SMILES string of the molecule is O=C(CSc1c(Cl)cccc1Cl)Nc1ccc(OC(F)(F)F)cc1. The molecule has 0 saturated carbocycles. The highest BCUT2D eigenvalue weighted by Crippen LogP contribution is 2.33. The molecule has 0 saturated heterocycles. The van der Waals surface area contributed by atoms with Crippen molar-refractivity contribution in [3.05, 3.63) is 52.5 Å². The summed E-state index contributed by atoms with van der Waals surface area (Å²) in [6, 6.07) is 9.86. The van der Waals surface area contributed by atoms with Crippen molar-refractivity contribution in [1.82, 2.24) is 0 Å². The first-order valence-electron chi connectivity index (χ1n) is 6.47. The largest absolute Gasteiger partial charge is 0.573 e. The van der Waals surface area contributed by atoms with Crippen molar-refractivity contribution in [2.24, 2.45) is 0 Å². The fourth-order valence-corrected chi connectivity index (χ4v) is 3.18. The van der Waals surface area contributed by atoms with Crippen molar-refractivity contribution >= 4 is 46.6 Å². The van der Waals surface area contributed by atoms with Crippen LogP contribution in [0, 0.1) is 0 Å². The first-order valence-corrected chi connectivity index (χ1v) is 8.21. The van der Waals surface area contributed by atoms with E-state index in [0.29, 0.717) is 20.6 Å². The summed E-state index contributed by atoms with van der Waals surface area (Å²) in [4.78, 5) is 12.5. The summed E-state index contributed by atoms with van der Waals surface area (Å²) in [6.07, 6.45) is -4.75. The van der Waals surface area contributed by atoms with Gasteiger partial charge in [-0.05, 0) is 36.4 Å². The number of alkyl halides is 3. The number of amides is 1. The average Bonchev–Trinajstić information content (AvgIpc) is 2.47. The first kappa shape index (κ1) is 18.8. The summed E-state index contributed by atoms with van der Waals surface area (Å²) in [7, 11) is 0. The topological polar surface area (TPSA) is 38.3 Å². The molecule has 2 rings (SSSR count). The monoisotopic (exact) mass is 395 g/mol. The first-order chi connectivity index (χ1) is 11.2. The van der Waals surface area contributed by atoms with Crippen LogP contribution in [-0.2, 0) is 4.79 Å². The van der Waals surface area contributed by atoms with Crippen LogP contribution in [0.1, 0.15) is 0 Å². The van der Waals surface area contributed by atoms with E-state index in [4.69, 9.17) is 23.2 Å². The van der Waals surface area contributed by atoms with E-state index in [-0.39, 0.29) is 17.4 Å². The lowest BCUT2D eigenvalue weighted by Gasteiger charge is -2.10. The van der Waals surface area contributed by atoms with Gasteiger partial charge in [0.1, 0.15) is 5.75 Å². The van der Waals surface area contributed by atoms with Crippen molar-refractivity contribution in [2.45, 2.75) is 11.3 Å². The highest BCUT2D eigenvalue weighted by Gasteiger charge is 2.30. The van der Waals surface area contributed by atoms with E-state index >= 15 is 0 Å². The predicted octanol–water partition coefficient (Wildman–Crippen LogP) is 5.62. The number of rotatable bonds is 5. The molecular formula is C15H10Cl2F3NO2S. The molecule has 9 heteroatoms. The van der Waals surface area contributed by atoms with E-state index in [9.17, 15) is 18.0 Å². The smallest absolute Gasteiger partial charge is 0.406 e.